The van der Waals surface area contributed by atoms with Crippen molar-refractivity contribution in [1.29, 1.82) is 0 Å². The summed E-state index contributed by atoms with van der Waals surface area (Å²) in [5.41, 5.74) is 5.10. The molecule has 212 valence electrons. The number of aromatic carboxylic acids is 1. The predicted molar refractivity (Wildman–Crippen MR) is 157 cm³/mol. The summed E-state index contributed by atoms with van der Waals surface area (Å²) in [6.45, 7) is 2.43. The van der Waals surface area contributed by atoms with Crippen LogP contribution in [0.1, 0.15) is 45.2 Å². The van der Waals surface area contributed by atoms with E-state index in [1.807, 2.05) is 53.7 Å². The van der Waals surface area contributed by atoms with Crippen LogP contribution in [-0.4, -0.2) is 58.8 Å². The Balaban J connectivity index is 1.18. The molecule has 0 aliphatic heterocycles. The van der Waals surface area contributed by atoms with E-state index in [9.17, 15) is 14.7 Å². The van der Waals surface area contributed by atoms with Gasteiger partial charge >= 0.3 is 5.97 Å². The van der Waals surface area contributed by atoms with Gasteiger partial charge < -0.3 is 28.9 Å². The predicted octanol–water partition coefficient (Wildman–Crippen LogP) is 4.30. The van der Waals surface area contributed by atoms with Crippen LogP contribution in [0.25, 0.3) is 27.8 Å². The summed E-state index contributed by atoms with van der Waals surface area (Å²) in [6.07, 6.45) is 5.43. The molecule has 1 atom stereocenters. The Kier molecular flexibility index (Phi) is 6.91. The van der Waals surface area contributed by atoms with Crippen molar-refractivity contribution in [3.05, 3.63) is 102 Å². The molecule has 0 aliphatic rings. The number of para-hydroxylation sites is 1. The van der Waals surface area contributed by atoms with Gasteiger partial charge in [-0.3, -0.25) is 4.79 Å². The van der Waals surface area contributed by atoms with E-state index in [4.69, 9.17) is 14.7 Å². The average Bonchev–Trinajstić information content (AvgIpc) is 3.73. The van der Waals surface area contributed by atoms with Crippen LogP contribution in [0.15, 0.2) is 79.4 Å². The maximum absolute atomic E-state index is 12.9. The molecule has 6 aromatic rings. The molecule has 1 unspecified atom stereocenters. The number of rotatable bonds is 9. The minimum Gasteiger partial charge on any atom is -0.491 e. The van der Waals surface area contributed by atoms with Crippen LogP contribution in [0.4, 0.5) is 0 Å². The average molecular weight is 564 g/mol. The van der Waals surface area contributed by atoms with Gasteiger partial charge in [-0.15, -0.1) is 0 Å². The van der Waals surface area contributed by atoms with Crippen LogP contribution in [0, 0.1) is 0 Å². The number of imidazole rings is 3. The molecule has 0 saturated carbocycles. The van der Waals surface area contributed by atoms with Crippen molar-refractivity contribution in [3.63, 3.8) is 0 Å². The molecule has 6 rings (SSSR count). The van der Waals surface area contributed by atoms with E-state index < -0.39 is 5.97 Å². The Morgan fingerprint density at radius 1 is 0.952 bits per heavy atom. The second kappa shape index (κ2) is 10.8. The highest BCUT2D eigenvalue weighted by atomic mass is 16.5. The van der Waals surface area contributed by atoms with Gasteiger partial charge in [0.25, 0.3) is 5.91 Å². The zero-order valence-electron chi connectivity index (χ0n) is 23.4. The van der Waals surface area contributed by atoms with E-state index in [0.29, 0.717) is 5.56 Å². The lowest BCUT2D eigenvalue weighted by molar-refractivity contribution is 0.0691. The van der Waals surface area contributed by atoms with Crippen LogP contribution in [0.3, 0.4) is 0 Å². The molecule has 0 saturated heterocycles. The lowest BCUT2D eigenvalue weighted by Crippen LogP contribution is -2.28. The second-order valence-corrected chi connectivity index (χ2v) is 10.0. The summed E-state index contributed by atoms with van der Waals surface area (Å²) in [5.74, 6) is 0.543. The minimum atomic E-state index is -1.07. The Morgan fingerprint density at radius 2 is 1.64 bits per heavy atom. The van der Waals surface area contributed by atoms with Gasteiger partial charge in [0.2, 0.25) is 0 Å². The van der Waals surface area contributed by atoms with E-state index >= 15 is 0 Å². The lowest BCUT2D eigenvalue weighted by Gasteiger charge is -2.12. The van der Waals surface area contributed by atoms with Crippen molar-refractivity contribution in [1.82, 2.24) is 34.0 Å². The maximum atomic E-state index is 12.9. The first-order chi connectivity index (χ1) is 20.3. The third kappa shape index (κ3) is 4.85. The highest BCUT2D eigenvalue weighted by Gasteiger charge is 2.22. The number of hydrogen-bond acceptors (Lipinski definition) is 6. The van der Waals surface area contributed by atoms with Crippen molar-refractivity contribution in [2.75, 3.05) is 13.2 Å². The number of carboxylic acid groups (broad SMARTS) is 1. The summed E-state index contributed by atoms with van der Waals surface area (Å²) in [6, 6.07) is 17.9. The van der Waals surface area contributed by atoms with Crippen LogP contribution in [0.2, 0.25) is 0 Å². The quantitative estimate of drug-likeness (QED) is 0.251. The van der Waals surface area contributed by atoms with Gasteiger partial charge in [-0.2, -0.15) is 0 Å². The summed E-state index contributed by atoms with van der Waals surface area (Å²) >= 11 is 0. The first-order valence-electron chi connectivity index (χ1n) is 13.5. The van der Waals surface area contributed by atoms with Crippen molar-refractivity contribution < 1.29 is 19.4 Å². The largest absolute Gasteiger partial charge is 0.491 e. The Morgan fingerprint density at radius 3 is 2.33 bits per heavy atom. The van der Waals surface area contributed by atoms with Crippen LogP contribution in [0.5, 0.6) is 5.75 Å². The molecular formula is C31H29N7O4. The Hall–Kier alpha value is -5.45. The topological polar surface area (TPSA) is 129 Å². The number of hydrogen-bond donors (Lipinski definition) is 2. The lowest BCUT2D eigenvalue weighted by atomic mass is 10.1. The number of benzene rings is 3. The third-order valence-electron chi connectivity index (χ3n) is 7.42. The van der Waals surface area contributed by atoms with E-state index in [1.54, 1.807) is 36.8 Å². The fraction of sp³-hybridized carbons (Fsp3) is 0.194. The molecule has 3 heterocycles. The van der Waals surface area contributed by atoms with E-state index in [2.05, 4.69) is 27.9 Å². The molecule has 11 heteroatoms. The number of ether oxygens (including phenoxy) is 1. The van der Waals surface area contributed by atoms with Crippen LogP contribution in [-0.2, 0) is 14.1 Å². The number of carbonyl (C=O) groups excluding carboxylic acids is 1. The standard InChI is InChI=1S/C31H29N7O4/c1-19(29-35-24-11-9-21(17-26(24)37(29)3)38-14-12-32-18-38)28-34-23-10-8-20(16-25(23)36(28)2)30(39)33-13-15-42-27-7-5-4-6-22(27)31(40)41/h4-12,14,16-19H,13,15H2,1-3H3,(H,33,39)(H,40,41). The molecule has 0 radical (unpaired) electrons. The van der Waals surface area contributed by atoms with Crippen molar-refractivity contribution in [2.24, 2.45) is 14.1 Å². The number of nitrogens with zero attached hydrogens (tertiary/aromatic N) is 6. The van der Waals surface area contributed by atoms with Gasteiger partial charge in [-0.05, 0) is 55.5 Å². The molecule has 0 spiro atoms. The van der Waals surface area contributed by atoms with Crippen LogP contribution >= 0.6 is 0 Å². The molecule has 0 bridgehead atoms. The number of amides is 1. The fourth-order valence-electron chi connectivity index (χ4n) is 5.21. The zero-order chi connectivity index (χ0) is 29.4. The fourth-order valence-corrected chi connectivity index (χ4v) is 5.21. The zero-order valence-corrected chi connectivity index (χ0v) is 23.4. The van der Waals surface area contributed by atoms with Gasteiger partial charge in [0, 0.05) is 37.7 Å². The number of aromatic nitrogens is 6. The number of carbonyl (C=O) groups is 2. The molecule has 42 heavy (non-hydrogen) atoms. The maximum Gasteiger partial charge on any atom is 0.339 e. The van der Waals surface area contributed by atoms with E-state index in [1.165, 1.54) is 6.07 Å². The van der Waals surface area contributed by atoms with Gasteiger partial charge in [-0.1, -0.05) is 12.1 Å². The summed E-state index contributed by atoms with van der Waals surface area (Å²) in [4.78, 5) is 38.2. The van der Waals surface area contributed by atoms with E-state index in [0.717, 1.165) is 39.4 Å². The molecule has 0 aliphatic carbocycles. The molecule has 1 amide bonds. The summed E-state index contributed by atoms with van der Waals surface area (Å²) < 4.78 is 11.6. The molecule has 2 N–H and O–H groups in total. The smallest absolute Gasteiger partial charge is 0.339 e. The first-order valence-corrected chi connectivity index (χ1v) is 13.5. The van der Waals surface area contributed by atoms with Crippen molar-refractivity contribution in [2.45, 2.75) is 12.8 Å². The highest BCUT2D eigenvalue weighted by Crippen LogP contribution is 2.29. The van der Waals surface area contributed by atoms with Gasteiger partial charge in [-0.25, -0.2) is 19.7 Å². The number of nitrogens with one attached hydrogen (secondary N) is 1. The van der Waals surface area contributed by atoms with E-state index in [-0.39, 0.29) is 36.3 Å². The van der Waals surface area contributed by atoms with Crippen LogP contribution < -0.4 is 10.1 Å². The third-order valence-corrected chi connectivity index (χ3v) is 7.42. The number of fused-ring (bicyclic) bond motifs is 2. The summed E-state index contributed by atoms with van der Waals surface area (Å²) in [7, 11) is 3.95. The number of aryl methyl sites for hydroxylation is 2. The molecule has 0 fully saturated rings. The van der Waals surface area contributed by atoms with Gasteiger partial charge in [0.1, 0.15) is 29.6 Å². The normalized spacial score (nSPS) is 12.1. The molecule has 3 aromatic carbocycles. The highest BCUT2D eigenvalue weighted by molar-refractivity contribution is 5.97. The molecule has 3 aromatic heterocycles. The minimum absolute atomic E-state index is 0.0772. The van der Waals surface area contributed by atoms with Crippen molar-refractivity contribution >= 4 is 33.9 Å². The second-order valence-electron chi connectivity index (χ2n) is 10.0. The first kappa shape index (κ1) is 26.8. The summed E-state index contributed by atoms with van der Waals surface area (Å²) in [5, 5.41) is 12.1. The molecular weight excluding hydrogens is 534 g/mol. The van der Waals surface area contributed by atoms with Gasteiger partial charge in [0.15, 0.2) is 0 Å². The molecule has 11 nitrogen and oxygen atoms in total. The Bertz CT molecular complexity index is 1940. The number of carboxylic acids is 1. The van der Waals surface area contributed by atoms with Crippen molar-refractivity contribution in [3.8, 4) is 11.4 Å². The Labute approximate surface area is 241 Å². The monoisotopic (exact) mass is 563 g/mol. The van der Waals surface area contributed by atoms with Gasteiger partial charge in [0.05, 0.1) is 40.9 Å². The SMILES string of the molecule is CC(c1nc2ccc(C(=O)NCCOc3ccccc3C(=O)O)cc2n1C)c1nc2ccc(-n3ccnc3)cc2n1C.